The van der Waals surface area contributed by atoms with Gasteiger partial charge in [-0.3, -0.25) is 4.31 Å². The molecule has 38 heavy (non-hydrogen) atoms. The Morgan fingerprint density at radius 2 is 1.58 bits per heavy atom. The van der Waals surface area contributed by atoms with Crippen LogP contribution < -0.4 is 5.11 Å². The molecule has 1 aromatic heterocycles. The molecule has 0 radical (unpaired) electrons. The molecule has 0 saturated carbocycles. The van der Waals surface area contributed by atoms with Gasteiger partial charge in [-0.15, -0.1) is 0 Å². The van der Waals surface area contributed by atoms with Crippen molar-refractivity contribution in [2.45, 2.75) is 51.3 Å². The first kappa shape index (κ1) is 27.1. The largest absolute Gasteiger partial charge is 0.529 e. The first-order valence-electron chi connectivity index (χ1n) is 12.8. The highest BCUT2D eigenvalue weighted by Crippen LogP contribution is 2.30. The predicted octanol–water partition coefficient (Wildman–Crippen LogP) is 5.08. The van der Waals surface area contributed by atoms with Gasteiger partial charge in [-0.25, -0.2) is 13.1 Å². The summed E-state index contributed by atoms with van der Waals surface area (Å²) in [6.07, 6.45) is 1.49. The molecule has 0 fully saturated rings. The van der Waals surface area contributed by atoms with Crippen LogP contribution in [0.4, 0.5) is 4.79 Å². The van der Waals surface area contributed by atoms with Crippen LogP contribution in [0.5, 0.6) is 0 Å². The average Bonchev–Trinajstić information content (AvgIpc) is 3.24. The summed E-state index contributed by atoms with van der Waals surface area (Å²) in [4.78, 5) is 11.7. The molecular weight excluding hydrogens is 498 g/mol. The third-order valence-corrected chi connectivity index (χ3v) is 8.40. The fourth-order valence-electron chi connectivity index (χ4n) is 4.49. The Labute approximate surface area is 224 Å². The molecule has 0 spiro atoms. The minimum Gasteiger partial charge on any atom is -0.529 e. The minimum atomic E-state index is -4.22. The van der Waals surface area contributed by atoms with Crippen LogP contribution in [0.15, 0.2) is 83.8 Å². The van der Waals surface area contributed by atoms with Gasteiger partial charge in [0.15, 0.2) is 6.09 Å². The molecule has 3 aromatic carbocycles. The van der Waals surface area contributed by atoms with E-state index in [1.807, 2.05) is 54.1 Å². The summed E-state index contributed by atoms with van der Waals surface area (Å²) in [5.74, 6) is 0. The van der Waals surface area contributed by atoms with Gasteiger partial charge in [0.05, 0.1) is 16.3 Å². The number of hydrogen-bond acceptors (Lipinski definition) is 5. The molecule has 0 N–H and O–H groups in total. The zero-order valence-corrected chi connectivity index (χ0v) is 22.7. The lowest BCUT2D eigenvalue weighted by Crippen LogP contribution is -2.45. The summed E-state index contributed by atoms with van der Waals surface area (Å²) in [5.41, 5.74) is 6.96. The molecule has 1 heterocycles. The molecule has 198 valence electrons. The van der Waals surface area contributed by atoms with Crippen molar-refractivity contribution < 1.29 is 18.3 Å². The molecule has 4 rings (SSSR count). The number of benzene rings is 3. The number of unbranched alkanes of at least 4 members (excludes halogenated alkanes) is 1. The standard InChI is InChI=1S/C30H33N3O4S/c1-4-5-11-28-29(25-9-7-6-8-10-25)23(3)33(31-28)26-16-14-24(15-17-26)20-21-32(30(34)35)38(36,37)27-18-12-22(2)13-19-27/h6-10,12-19H,4-5,11,20-21H2,1-3H3,(H,34,35)/p-1. The van der Waals surface area contributed by atoms with E-state index < -0.39 is 16.1 Å². The van der Waals surface area contributed by atoms with Crippen LogP contribution in [0.3, 0.4) is 0 Å². The molecule has 0 unspecified atom stereocenters. The molecule has 0 aliphatic heterocycles. The van der Waals surface area contributed by atoms with E-state index >= 15 is 0 Å². The van der Waals surface area contributed by atoms with Gasteiger partial charge in [-0.2, -0.15) is 5.10 Å². The summed E-state index contributed by atoms with van der Waals surface area (Å²) >= 11 is 0. The predicted molar refractivity (Wildman–Crippen MR) is 147 cm³/mol. The van der Waals surface area contributed by atoms with Gasteiger partial charge < -0.3 is 9.90 Å². The van der Waals surface area contributed by atoms with Crippen molar-refractivity contribution >= 4 is 16.1 Å². The maximum absolute atomic E-state index is 12.9. The van der Waals surface area contributed by atoms with E-state index in [2.05, 4.69) is 26.0 Å². The molecule has 0 bridgehead atoms. The number of amides is 1. The van der Waals surface area contributed by atoms with E-state index in [9.17, 15) is 18.3 Å². The molecule has 0 aliphatic carbocycles. The van der Waals surface area contributed by atoms with Gasteiger partial charge in [-0.1, -0.05) is 73.5 Å². The van der Waals surface area contributed by atoms with Crippen LogP contribution in [0.1, 0.15) is 42.3 Å². The van der Waals surface area contributed by atoms with Crippen molar-refractivity contribution in [2.24, 2.45) is 0 Å². The maximum atomic E-state index is 12.9. The number of sulfonamides is 1. The Balaban J connectivity index is 1.56. The molecule has 4 aromatic rings. The van der Waals surface area contributed by atoms with Gasteiger partial charge in [0.1, 0.15) is 0 Å². The minimum absolute atomic E-state index is 0.0788. The second-order valence-corrected chi connectivity index (χ2v) is 11.2. The number of carboxylic acid groups (broad SMARTS) is 1. The summed E-state index contributed by atoms with van der Waals surface area (Å²) < 4.78 is 28.1. The van der Waals surface area contributed by atoms with Crippen molar-refractivity contribution in [1.29, 1.82) is 0 Å². The summed E-state index contributed by atoms with van der Waals surface area (Å²) in [6.45, 7) is 5.82. The summed E-state index contributed by atoms with van der Waals surface area (Å²) in [6, 6.07) is 23.9. The van der Waals surface area contributed by atoms with Crippen LogP contribution in [-0.2, 0) is 22.9 Å². The van der Waals surface area contributed by atoms with Gasteiger partial charge >= 0.3 is 0 Å². The molecule has 0 atom stereocenters. The van der Waals surface area contributed by atoms with E-state index in [0.29, 0.717) is 4.31 Å². The highest BCUT2D eigenvalue weighted by molar-refractivity contribution is 7.89. The molecule has 8 heteroatoms. The van der Waals surface area contributed by atoms with Crippen molar-refractivity contribution in [3.05, 3.63) is 101 Å². The molecule has 0 saturated heterocycles. The summed E-state index contributed by atoms with van der Waals surface area (Å²) in [7, 11) is -4.22. The van der Waals surface area contributed by atoms with E-state index in [1.54, 1.807) is 12.1 Å². The topological polar surface area (TPSA) is 95.3 Å². The molecule has 0 aliphatic rings. The molecular formula is C30H32N3O4S-. The summed E-state index contributed by atoms with van der Waals surface area (Å²) in [5, 5.41) is 16.7. The van der Waals surface area contributed by atoms with Crippen LogP contribution in [0.25, 0.3) is 16.8 Å². The SMILES string of the molecule is CCCCc1nn(-c2ccc(CCN(C(=O)[O-])S(=O)(=O)c3ccc(C)cc3)cc2)c(C)c1-c1ccccc1. The van der Waals surface area contributed by atoms with E-state index in [4.69, 9.17) is 5.10 Å². The lowest BCUT2D eigenvalue weighted by atomic mass is 10.0. The lowest BCUT2D eigenvalue weighted by Gasteiger charge is -2.24. The molecule has 7 nitrogen and oxygen atoms in total. The van der Waals surface area contributed by atoms with Crippen LogP contribution in [0, 0.1) is 13.8 Å². The van der Waals surface area contributed by atoms with Gasteiger partial charge in [0, 0.05) is 17.8 Å². The highest BCUT2D eigenvalue weighted by atomic mass is 32.2. The van der Waals surface area contributed by atoms with Crippen molar-refractivity contribution in [3.63, 3.8) is 0 Å². The smallest absolute Gasteiger partial charge is 0.265 e. The Kier molecular flexibility index (Phi) is 8.32. The van der Waals surface area contributed by atoms with Crippen LogP contribution >= 0.6 is 0 Å². The van der Waals surface area contributed by atoms with Gasteiger partial charge in [-0.05, 0) is 68.5 Å². The number of nitrogens with zero attached hydrogens (tertiary/aromatic N) is 3. The Bertz CT molecular complexity index is 1490. The fourth-order valence-corrected chi connectivity index (χ4v) is 5.76. The Morgan fingerprint density at radius 3 is 2.18 bits per heavy atom. The second kappa shape index (κ2) is 11.6. The Hall–Kier alpha value is -3.91. The van der Waals surface area contributed by atoms with Crippen LogP contribution in [-0.4, -0.2) is 35.1 Å². The zero-order valence-electron chi connectivity index (χ0n) is 21.9. The molecule has 1 amide bonds. The number of hydrogen-bond donors (Lipinski definition) is 0. The monoisotopic (exact) mass is 530 g/mol. The number of aromatic nitrogens is 2. The van der Waals surface area contributed by atoms with Gasteiger partial charge in [0.2, 0.25) is 0 Å². The second-order valence-electron chi connectivity index (χ2n) is 9.36. The number of carbonyl (C=O) groups excluding carboxylic acids is 1. The quantitative estimate of drug-likeness (QED) is 0.285. The van der Waals surface area contributed by atoms with Gasteiger partial charge in [0.25, 0.3) is 10.0 Å². The fraction of sp³-hybridized carbons (Fsp3) is 0.267. The number of rotatable bonds is 10. The first-order chi connectivity index (χ1) is 18.2. The average molecular weight is 531 g/mol. The maximum Gasteiger partial charge on any atom is 0.265 e. The van der Waals surface area contributed by atoms with Crippen molar-refractivity contribution in [2.75, 3.05) is 6.54 Å². The number of aryl methyl sites for hydroxylation is 2. The van der Waals surface area contributed by atoms with Crippen LogP contribution in [0.2, 0.25) is 0 Å². The van der Waals surface area contributed by atoms with E-state index in [0.717, 1.165) is 58.6 Å². The third kappa shape index (κ3) is 5.81. The number of carbonyl (C=O) groups is 1. The van der Waals surface area contributed by atoms with Crippen molar-refractivity contribution in [1.82, 2.24) is 14.1 Å². The van der Waals surface area contributed by atoms with Crippen molar-refractivity contribution in [3.8, 4) is 16.8 Å². The van der Waals surface area contributed by atoms with E-state index in [-0.39, 0.29) is 17.9 Å². The van der Waals surface area contributed by atoms with E-state index in [1.165, 1.54) is 12.1 Å². The first-order valence-corrected chi connectivity index (χ1v) is 14.2. The zero-order chi connectivity index (χ0) is 27.3. The third-order valence-electron chi connectivity index (χ3n) is 6.62. The highest BCUT2D eigenvalue weighted by Gasteiger charge is 2.24. The lowest BCUT2D eigenvalue weighted by molar-refractivity contribution is -0.259. The normalized spacial score (nSPS) is 11.4. The Morgan fingerprint density at radius 1 is 0.921 bits per heavy atom.